The van der Waals surface area contributed by atoms with Crippen LogP contribution < -0.4 is 0 Å². The Hall–Kier alpha value is -1.72. The molecule has 1 N–H and O–H groups in total. The average molecular weight is 258 g/mol. The largest absolute Gasteiger partial charge is 0.390 e. The SMILES string of the molecule is OCc1cc2n(n1)CCN(CCc1ccccn1)C2. The van der Waals surface area contributed by atoms with Crippen molar-refractivity contribution in [1.82, 2.24) is 19.7 Å². The minimum atomic E-state index is 0.0218. The highest BCUT2D eigenvalue weighted by Crippen LogP contribution is 2.14. The summed E-state index contributed by atoms with van der Waals surface area (Å²) < 4.78 is 2.00. The van der Waals surface area contributed by atoms with E-state index < -0.39 is 0 Å². The van der Waals surface area contributed by atoms with Crippen molar-refractivity contribution in [3.8, 4) is 0 Å². The van der Waals surface area contributed by atoms with Gasteiger partial charge < -0.3 is 5.11 Å². The smallest absolute Gasteiger partial charge is 0.0882 e. The predicted molar refractivity (Wildman–Crippen MR) is 71.4 cm³/mol. The molecule has 100 valence electrons. The molecule has 0 aromatic carbocycles. The van der Waals surface area contributed by atoms with Gasteiger partial charge in [0.2, 0.25) is 0 Å². The Morgan fingerprint density at radius 1 is 1.21 bits per heavy atom. The lowest BCUT2D eigenvalue weighted by Gasteiger charge is -2.27. The van der Waals surface area contributed by atoms with Gasteiger partial charge in [-0.05, 0) is 18.2 Å². The van der Waals surface area contributed by atoms with Crippen LogP contribution in [-0.4, -0.2) is 37.9 Å². The highest BCUT2D eigenvalue weighted by atomic mass is 16.3. The summed E-state index contributed by atoms with van der Waals surface area (Å²) in [6.45, 7) is 3.84. The molecule has 0 unspecified atom stereocenters. The van der Waals surface area contributed by atoms with Crippen molar-refractivity contribution in [3.05, 3.63) is 47.5 Å². The summed E-state index contributed by atoms with van der Waals surface area (Å²) in [4.78, 5) is 6.76. The molecule has 1 aliphatic heterocycles. The maximum absolute atomic E-state index is 9.11. The van der Waals surface area contributed by atoms with Crippen LogP contribution in [0.3, 0.4) is 0 Å². The Labute approximate surface area is 112 Å². The lowest BCUT2D eigenvalue weighted by atomic mass is 10.2. The summed E-state index contributed by atoms with van der Waals surface area (Å²) in [7, 11) is 0. The van der Waals surface area contributed by atoms with Gasteiger partial charge >= 0.3 is 0 Å². The first-order valence-electron chi connectivity index (χ1n) is 6.64. The number of fused-ring (bicyclic) bond motifs is 1. The number of pyridine rings is 1. The number of nitrogens with zero attached hydrogens (tertiary/aromatic N) is 4. The minimum absolute atomic E-state index is 0.0218. The maximum atomic E-state index is 9.11. The molecule has 0 fully saturated rings. The molecule has 0 atom stereocenters. The Balaban J connectivity index is 1.59. The third kappa shape index (κ3) is 2.83. The molecule has 0 aliphatic carbocycles. The Kier molecular flexibility index (Phi) is 3.57. The summed E-state index contributed by atoms with van der Waals surface area (Å²) in [6.07, 6.45) is 2.82. The summed E-state index contributed by atoms with van der Waals surface area (Å²) in [5.74, 6) is 0. The number of rotatable bonds is 4. The number of hydrogen-bond donors (Lipinski definition) is 1. The Morgan fingerprint density at radius 2 is 2.16 bits per heavy atom. The number of aliphatic hydroxyl groups excluding tert-OH is 1. The normalized spacial score (nSPS) is 15.4. The summed E-state index contributed by atoms with van der Waals surface area (Å²) in [5, 5.41) is 13.5. The molecule has 0 bridgehead atoms. The van der Waals surface area contributed by atoms with Crippen LogP contribution in [0.5, 0.6) is 0 Å². The van der Waals surface area contributed by atoms with E-state index in [9.17, 15) is 0 Å². The van der Waals surface area contributed by atoms with Gasteiger partial charge in [0.15, 0.2) is 0 Å². The van der Waals surface area contributed by atoms with Crippen molar-refractivity contribution < 1.29 is 5.11 Å². The van der Waals surface area contributed by atoms with Crippen molar-refractivity contribution in [2.24, 2.45) is 0 Å². The summed E-state index contributed by atoms with van der Waals surface area (Å²) in [6, 6.07) is 8.03. The molecule has 1 aliphatic rings. The molecule has 0 spiro atoms. The van der Waals surface area contributed by atoms with Crippen molar-refractivity contribution in [1.29, 1.82) is 0 Å². The van der Waals surface area contributed by atoms with Gasteiger partial charge in [0.1, 0.15) is 0 Å². The van der Waals surface area contributed by atoms with E-state index in [1.54, 1.807) is 0 Å². The minimum Gasteiger partial charge on any atom is -0.390 e. The van der Waals surface area contributed by atoms with Gasteiger partial charge in [-0.25, -0.2) is 0 Å². The van der Waals surface area contributed by atoms with Gasteiger partial charge in [-0.1, -0.05) is 6.07 Å². The van der Waals surface area contributed by atoms with E-state index >= 15 is 0 Å². The van der Waals surface area contributed by atoms with Crippen LogP contribution in [0.15, 0.2) is 30.5 Å². The van der Waals surface area contributed by atoms with Crippen LogP contribution in [0.25, 0.3) is 0 Å². The summed E-state index contributed by atoms with van der Waals surface area (Å²) in [5.41, 5.74) is 3.09. The molecule has 2 aromatic rings. The number of aromatic nitrogens is 3. The van der Waals surface area contributed by atoms with E-state index in [1.165, 1.54) is 5.69 Å². The van der Waals surface area contributed by atoms with Gasteiger partial charge in [0.05, 0.1) is 24.5 Å². The van der Waals surface area contributed by atoms with E-state index in [2.05, 4.69) is 21.0 Å². The zero-order valence-corrected chi connectivity index (χ0v) is 10.9. The van der Waals surface area contributed by atoms with Crippen molar-refractivity contribution in [2.45, 2.75) is 26.1 Å². The van der Waals surface area contributed by atoms with E-state index in [0.717, 1.165) is 44.0 Å². The van der Waals surface area contributed by atoms with E-state index in [4.69, 9.17) is 5.11 Å². The molecule has 0 amide bonds. The zero-order valence-electron chi connectivity index (χ0n) is 10.9. The van der Waals surface area contributed by atoms with Crippen LogP contribution in [0.2, 0.25) is 0 Å². The second-order valence-corrected chi connectivity index (χ2v) is 4.86. The standard InChI is InChI=1S/C14H18N4O/c19-11-13-9-14-10-17(7-8-18(14)16-13)6-4-12-3-1-2-5-15-12/h1-3,5,9,19H,4,6-8,10-11H2. The van der Waals surface area contributed by atoms with E-state index in [1.807, 2.05) is 29.1 Å². The van der Waals surface area contributed by atoms with Crippen LogP contribution in [0.1, 0.15) is 17.1 Å². The molecular weight excluding hydrogens is 240 g/mol. The van der Waals surface area contributed by atoms with Crippen LogP contribution >= 0.6 is 0 Å². The molecule has 19 heavy (non-hydrogen) atoms. The van der Waals surface area contributed by atoms with Crippen LogP contribution in [-0.2, 0) is 26.1 Å². The summed E-state index contributed by atoms with van der Waals surface area (Å²) >= 11 is 0. The molecule has 2 aromatic heterocycles. The third-order valence-corrected chi connectivity index (χ3v) is 3.50. The first-order valence-corrected chi connectivity index (χ1v) is 6.64. The molecule has 5 nitrogen and oxygen atoms in total. The van der Waals surface area contributed by atoms with Gasteiger partial charge in [-0.15, -0.1) is 0 Å². The number of hydrogen-bond acceptors (Lipinski definition) is 4. The van der Waals surface area contributed by atoms with Crippen LogP contribution in [0.4, 0.5) is 0 Å². The molecular formula is C14H18N4O. The highest BCUT2D eigenvalue weighted by Gasteiger charge is 2.17. The van der Waals surface area contributed by atoms with Crippen molar-refractivity contribution in [2.75, 3.05) is 13.1 Å². The van der Waals surface area contributed by atoms with E-state index in [0.29, 0.717) is 0 Å². The maximum Gasteiger partial charge on any atom is 0.0882 e. The molecule has 3 heterocycles. The molecule has 0 radical (unpaired) electrons. The molecule has 3 rings (SSSR count). The Morgan fingerprint density at radius 3 is 2.95 bits per heavy atom. The highest BCUT2D eigenvalue weighted by molar-refractivity contribution is 5.11. The van der Waals surface area contributed by atoms with E-state index in [-0.39, 0.29) is 6.61 Å². The lowest BCUT2D eigenvalue weighted by Crippen LogP contribution is -2.35. The van der Waals surface area contributed by atoms with Crippen molar-refractivity contribution in [3.63, 3.8) is 0 Å². The molecule has 5 heteroatoms. The third-order valence-electron chi connectivity index (χ3n) is 3.50. The lowest BCUT2D eigenvalue weighted by molar-refractivity contribution is 0.214. The van der Waals surface area contributed by atoms with Gasteiger partial charge in [0, 0.05) is 37.9 Å². The second-order valence-electron chi connectivity index (χ2n) is 4.86. The second kappa shape index (κ2) is 5.50. The first kappa shape index (κ1) is 12.3. The number of aliphatic hydroxyl groups is 1. The Bertz CT molecular complexity index is 538. The first-order chi connectivity index (χ1) is 9.35. The van der Waals surface area contributed by atoms with Gasteiger partial charge in [-0.3, -0.25) is 14.6 Å². The molecule has 0 saturated carbocycles. The van der Waals surface area contributed by atoms with Gasteiger partial charge in [0.25, 0.3) is 0 Å². The fourth-order valence-electron chi connectivity index (χ4n) is 2.47. The topological polar surface area (TPSA) is 54.2 Å². The fraction of sp³-hybridized carbons (Fsp3) is 0.429. The average Bonchev–Trinajstić information content (AvgIpc) is 2.88. The monoisotopic (exact) mass is 258 g/mol. The zero-order chi connectivity index (χ0) is 13.1. The van der Waals surface area contributed by atoms with Gasteiger partial charge in [-0.2, -0.15) is 5.10 Å². The quantitative estimate of drug-likeness (QED) is 0.882. The van der Waals surface area contributed by atoms with Crippen molar-refractivity contribution >= 4 is 0 Å². The molecule has 0 saturated heterocycles. The van der Waals surface area contributed by atoms with Crippen LogP contribution in [0, 0.1) is 0 Å². The fourth-order valence-corrected chi connectivity index (χ4v) is 2.47. The predicted octanol–water partition coefficient (Wildman–Crippen LogP) is 0.829.